The van der Waals surface area contributed by atoms with Gasteiger partial charge >= 0.3 is 5.97 Å². The maximum Gasteiger partial charge on any atom is 0.302 e. The number of hydrogen-bond acceptors (Lipinski definition) is 4. The number of esters is 1. The Morgan fingerprint density at radius 2 is 2.11 bits per heavy atom. The fourth-order valence-corrected chi connectivity index (χ4v) is 1.96. The molecule has 1 aromatic carbocycles. The number of para-hydroxylation sites is 1. The predicted molar refractivity (Wildman–Crippen MR) is 71.3 cm³/mol. The van der Waals surface area contributed by atoms with E-state index in [1.54, 1.807) is 32.2 Å². The Morgan fingerprint density at radius 1 is 1.37 bits per heavy atom. The Bertz CT molecular complexity index is 688. The van der Waals surface area contributed by atoms with Crippen molar-refractivity contribution in [3.05, 3.63) is 39.7 Å². The Morgan fingerprint density at radius 3 is 2.74 bits per heavy atom. The highest BCUT2D eigenvalue weighted by Gasteiger charge is 2.12. The van der Waals surface area contributed by atoms with Crippen LogP contribution in [-0.2, 0) is 16.1 Å². The molecule has 1 N–H and O–H groups in total. The lowest BCUT2D eigenvalue weighted by molar-refractivity contribution is -0.142. The maximum absolute atomic E-state index is 12.4. The third-order valence-corrected chi connectivity index (χ3v) is 2.95. The molecule has 100 valence electrons. The molecule has 0 spiro atoms. The number of aromatic amines is 1. The second kappa shape index (κ2) is 5.14. The molecule has 1 aromatic heterocycles. The van der Waals surface area contributed by atoms with Crippen molar-refractivity contribution in [1.82, 2.24) is 4.98 Å². The summed E-state index contributed by atoms with van der Waals surface area (Å²) in [7, 11) is 1.55. The zero-order chi connectivity index (χ0) is 14.0. The van der Waals surface area contributed by atoms with Crippen LogP contribution in [0, 0.1) is 6.92 Å². The molecule has 0 aliphatic carbocycles. The van der Waals surface area contributed by atoms with Gasteiger partial charge in [-0.15, -0.1) is 0 Å². The lowest BCUT2D eigenvalue weighted by Crippen LogP contribution is -2.16. The minimum atomic E-state index is -0.412. The molecule has 0 fully saturated rings. The van der Waals surface area contributed by atoms with Crippen LogP contribution in [0.3, 0.4) is 0 Å². The normalized spacial score (nSPS) is 10.5. The number of benzene rings is 1. The van der Waals surface area contributed by atoms with E-state index in [1.807, 2.05) is 0 Å². The zero-order valence-electron chi connectivity index (χ0n) is 11.1. The molecular weight excluding hydrogens is 246 g/mol. The first-order chi connectivity index (χ1) is 9.04. The molecule has 5 heteroatoms. The van der Waals surface area contributed by atoms with E-state index in [0.717, 1.165) is 0 Å². The summed E-state index contributed by atoms with van der Waals surface area (Å²) in [6, 6.07) is 5.25. The average molecular weight is 261 g/mol. The molecule has 0 bridgehead atoms. The molecule has 2 rings (SSSR count). The standard InChI is InChI=1S/C14H15NO4/c1-8-11(7-19-9(2)16)14(17)10-5-4-6-12(18-3)13(10)15-8/h4-6H,7H2,1-3H3,(H,15,17). The van der Waals surface area contributed by atoms with Gasteiger partial charge in [-0.3, -0.25) is 9.59 Å². The SMILES string of the molecule is COc1cccc2c(=O)c(COC(C)=O)c(C)[nH]c12. The Balaban J connectivity index is 2.62. The van der Waals surface area contributed by atoms with Gasteiger partial charge in [-0.1, -0.05) is 6.07 Å². The van der Waals surface area contributed by atoms with Crippen molar-refractivity contribution in [2.24, 2.45) is 0 Å². The summed E-state index contributed by atoms with van der Waals surface area (Å²) in [6.07, 6.45) is 0. The summed E-state index contributed by atoms with van der Waals surface area (Å²) in [4.78, 5) is 26.3. The van der Waals surface area contributed by atoms with Crippen molar-refractivity contribution < 1.29 is 14.3 Å². The smallest absolute Gasteiger partial charge is 0.302 e. The van der Waals surface area contributed by atoms with Crippen molar-refractivity contribution in [2.45, 2.75) is 20.5 Å². The second-order valence-corrected chi connectivity index (χ2v) is 4.22. The highest BCUT2D eigenvalue weighted by molar-refractivity contribution is 5.85. The monoisotopic (exact) mass is 261 g/mol. The van der Waals surface area contributed by atoms with Crippen molar-refractivity contribution in [1.29, 1.82) is 0 Å². The summed E-state index contributed by atoms with van der Waals surface area (Å²) in [5.41, 5.74) is 1.63. The van der Waals surface area contributed by atoms with Crippen LogP contribution in [0.2, 0.25) is 0 Å². The molecule has 0 unspecified atom stereocenters. The van der Waals surface area contributed by atoms with E-state index >= 15 is 0 Å². The van der Waals surface area contributed by atoms with Crippen molar-refractivity contribution >= 4 is 16.9 Å². The topological polar surface area (TPSA) is 68.4 Å². The Hall–Kier alpha value is -2.30. The number of nitrogens with one attached hydrogen (secondary N) is 1. The summed E-state index contributed by atoms with van der Waals surface area (Å²) in [5, 5.41) is 0.520. The molecule has 0 aliphatic rings. The first-order valence-corrected chi connectivity index (χ1v) is 5.86. The van der Waals surface area contributed by atoms with Gasteiger partial charge in [-0.2, -0.15) is 0 Å². The lowest BCUT2D eigenvalue weighted by atomic mass is 10.1. The number of H-pyrrole nitrogens is 1. The third-order valence-electron chi connectivity index (χ3n) is 2.95. The molecule has 0 saturated carbocycles. The third kappa shape index (κ3) is 2.45. The molecule has 1 heterocycles. The van der Waals surface area contributed by atoms with Crippen LogP contribution in [0.25, 0.3) is 10.9 Å². The van der Waals surface area contributed by atoms with Crippen LogP contribution in [0.4, 0.5) is 0 Å². The van der Waals surface area contributed by atoms with Crippen LogP contribution in [0.5, 0.6) is 5.75 Å². The van der Waals surface area contributed by atoms with E-state index in [9.17, 15) is 9.59 Å². The van der Waals surface area contributed by atoms with E-state index in [2.05, 4.69) is 4.98 Å². The summed E-state index contributed by atoms with van der Waals surface area (Å²) >= 11 is 0. The molecule has 0 radical (unpaired) electrons. The summed E-state index contributed by atoms with van der Waals surface area (Å²) in [6.45, 7) is 3.06. The maximum atomic E-state index is 12.4. The first kappa shape index (κ1) is 13.1. The Kier molecular flexibility index (Phi) is 3.55. The number of aromatic nitrogens is 1. The number of ether oxygens (including phenoxy) is 2. The minimum absolute atomic E-state index is 0.0242. The van der Waals surface area contributed by atoms with Gasteiger partial charge in [0.05, 0.1) is 18.2 Å². The number of carbonyl (C=O) groups excluding carboxylic acids is 1. The van der Waals surface area contributed by atoms with Gasteiger partial charge in [0, 0.05) is 18.0 Å². The average Bonchev–Trinajstić information content (AvgIpc) is 2.37. The van der Waals surface area contributed by atoms with Crippen LogP contribution in [0.15, 0.2) is 23.0 Å². The number of rotatable bonds is 3. The van der Waals surface area contributed by atoms with E-state index < -0.39 is 5.97 Å². The number of fused-ring (bicyclic) bond motifs is 1. The number of methoxy groups -OCH3 is 1. The quantitative estimate of drug-likeness (QED) is 0.857. The van der Waals surface area contributed by atoms with Crippen LogP contribution in [0.1, 0.15) is 18.2 Å². The minimum Gasteiger partial charge on any atom is -0.495 e. The highest BCUT2D eigenvalue weighted by Crippen LogP contribution is 2.22. The zero-order valence-corrected chi connectivity index (χ0v) is 11.1. The molecule has 0 saturated heterocycles. The molecule has 0 aliphatic heterocycles. The van der Waals surface area contributed by atoms with Crippen LogP contribution in [-0.4, -0.2) is 18.1 Å². The van der Waals surface area contributed by atoms with E-state index in [0.29, 0.717) is 27.9 Å². The van der Waals surface area contributed by atoms with Gasteiger partial charge in [0.25, 0.3) is 0 Å². The second-order valence-electron chi connectivity index (χ2n) is 4.22. The first-order valence-electron chi connectivity index (χ1n) is 5.86. The predicted octanol–water partition coefficient (Wildman–Crippen LogP) is 1.91. The summed E-state index contributed by atoms with van der Waals surface area (Å²) < 4.78 is 10.1. The van der Waals surface area contributed by atoms with E-state index in [-0.39, 0.29) is 12.0 Å². The van der Waals surface area contributed by atoms with Gasteiger partial charge in [0.1, 0.15) is 12.4 Å². The summed E-state index contributed by atoms with van der Waals surface area (Å²) in [5.74, 6) is 0.196. The molecule has 5 nitrogen and oxygen atoms in total. The van der Waals surface area contributed by atoms with Crippen molar-refractivity contribution in [2.75, 3.05) is 7.11 Å². The van der Waals surface area contributed by atoms with Gasteiger partial charge in [-0.25, -0.2) is 0 Å². The van der Waals surface area contributed by atoms with Crippen molar-refractivity contribution in [3.8, 4) is 5.75 Å². The van der Waals surface area contributed by atoms with Gasteiger partial charge in [0.15, 0.2) is 5.43 Å². The number of carbonyl (C=O) groups is 1. The van der Waals surface area contributed by atoms with E-state index in [1.165, 1.54) is 6.92 Å². The van der Waals surface area contributed by atoms with E-state index in [4.69, 9.17) is 9.47 Å². The largest absolute Gasteiger partial charge is 0.495 e. The fraction of sp³-hybridized carbons (Fsp3) is 0.286. The molecular formula is C14H15NO4. The fourth-order valence-electron chi connectivity index (χ4n) is 1.96. The van der Waals surface area contributed by atoms with Crippen molar-refractivity contribution in [3.63, 3.8) is 0 Å². The molecule has 0 amide bonds. The Labute approximate surface area is 110 Å². The number of hydrogen-bond donors (Lipinski definition) is 1. The van der Waals surface area contributed by atoms with Gasteiger partial charge < -0.3 is 14.5 Å². The van der Waals surface area contributed by atoms with Crippen LogP contribution >= 0.6 is 0 Å². The number of pyridine rings is 1. The van der Waals surface area contributed by atoms with Gasteiger partial charge in [0.2, 0.25) is 0 Å². The highest BCUT2D eigenvalue weighted by atomic mass is 16.5. The molecule has 19 heavy (non-hydrogen) atoms. The molecule has 0 atom stereocenters. The number of aryl methyl sites for hydroxylation is 1. The van der Waals surface area contributed by atoms with Gasteiger partial charge in [-0.05, 0) is 19.1 Å². The molecule has 2 aromatic rings. The van der Waals surface area contributed by atoms with Crippen LogP contribution < -0.4 is 10.2 Å². The lowest BCUT2D eigenvalue weighted by Gasteiger charge is -2.10.